The molecule has 0 radical (unpaired) electrons. The van der Waals surface area contributed by atoms with E-state index in [-0.39, 0.29) is 5.91 Å². The standard InChI is InChI=1S/C16H20N4O/c1-4-15-14(9-11(2)19-20-15)16(21)18-13-7-5-12(6-8-13)10-17-3/h5-9,17H,4,10H2,1-3H3,(H,18,21). The van der Waals surface area contributed by atoms with Gasteiger partial charge >= 0.3 is 0 Å². The summed E-state index contributed by atoms with van der Waals surface area (Å²) in [5.74, 6) is -0.147. The Bertz CT molecular complexity index is 623. The molecular weight excluding hydrogens is 264 g/mol. The number of amides is 1. The maximum Gasteiger partial charge on any atom is 0.257 e. The average molecular weight is 284 g/mol. The minimum atomic E-state index is -0.147. The van der Waals surface area contributed by atoms with E-state index in [4.69, 9.17) is 0 Å². The molecule has 1 aromatic heterocycles. The van der Waals surface area contributed by atoms with Crippen LogP contribution in [0.25, 0.3) is 0 Å². The number of anilines is 1. The topological polar surface area (TPSA) is 66.9 Å². The summed E-state index contributed by atoms with van der Waals surface area (Å²) in [5, 5.41) is 14.1. The van der Waals surface area contributed by atoms with Gasteiger partial charge in [-0.3, -0.25) is 4.79 Å². The number of carbonyl (C=O) groups is 1. The number of aromatic nitrogens is 2. The van der Waals surface area contributed by atoms with Gasteiger partial charge in [0.1, 0.15) is 0 Å². The SMILES string of the molecule is CCc1nnc(C)cc1C(=O)Nc1ccc(CNC)cc1. The number of nitrogens with zero attached hydrogens (tertiary/aromatic N) is 2. The molecule has 0 aliphatic carbocycles. The first-order chi connectivity index (χ1) is 10.1. The molecule has 5 heteroatoms. The lowest BCUT2D eigenvalue weighted by molar-refractivity contribution is 0.102. The molecule has 110 valence electrons. The zero-order valence-corrected chi connectivity index (χ0v) is 12.6. The Kier molecular flexibility index (Phi) is 5.00. The lowest BCUT2D eigenvalue weighted by Gasteiger charge is -2.09. The number of nitrogens with one attached hydrogen (secondary N) is 2. The molecule has 2 N–H and O–H groups in total. The Morgan fingerprint density at radius 3 is 2.52 bits per heavy atom. The van der Waals surface area contributed by atoms with Crippen LogP contribution >= 0.6 is 0 Å². The Hall–Kier alpha value is -2.27. The van der Waals surface area contributed by atoms with E-state index < -0.39 is 0 Å². The van der Waals surface area contributed by atoms with Crippen molar-refractivity contribution in [1.82, 2.24) is 15.5 Å². The van der Waals surface area contributed by atoms with Crippen molar-refractivity contribution in [1.29, 1.82) is 0 Å². The minimum Gasteiger partial charge on any atom is -0.322 e. The highest BCUT2D eigenvalue weighted by atomic mass is 16.1. The maximum atomic E-state index is 12.4. The molecular formula is C16H20N4O. The second-order valence-electron chi connectivity index (χ2n) is 4.88. The van der Waals surface area contributed by atoms with Gasteiger partial charge in [-0.25, -0.2) is 0 Å². The molecule has 0 spiro atoms. The first kappa shape index (κ1) is 15.1. The minimum absolute atomic E-state index is 0.147. The molecule has 0 saturated carbocycles. The van der Waals surface area contributed by atoms with Gasteiger partial charge in [-0.2, -0.15) is 10.2 Å². The van der Waals surface area contributed by atoms with E-state index >= 15 is 0 Å². The van der Waals surface area contributed by atoms with Gasteiger partial charge in [-0.15, -0.1) is 0 Å². The number of hydrogen-bond donors (Lipinski definition) is 2. The maximum absolute atomic E-state index is 12.4. The zero-order chi connectivity index (χ0) is 15.2. The Morgan fingerprint density at radius 1 is 1.19 bits per heavy atom. The molecule has 5 nitrogen and oxygen atoms in total. The van der Waals surface area contributed by atoms with E-state index in [1.807, 2.05) is 45.2 Å². The Balaban J connectivity index is 2.15. The fourth-order valence-electron chi connectivity index (χ4n) is 2.08. The van der Waals surface area contributed by atoms with Crippen molar-refractivity contribution < 1.29 is 4.79 Å². The summed E-state index contributed by atoms with van der Waals surface area (Å²) in [7, 11) is 1.90. The third-order valence-electron chi connectivity index (χ3n) is 3.16. The van der Waals surface area contributed by atoms with Gasteiger partial charge < -0.3 is 10.6 Å². The van der Waals surface area contributed by atoms with Gasteiger partial charge in [-0.1, -0.05) is 19.1 Å². The van der Waals surface area contributed by atoms with Crippen LogP contribution in [0.3, 0.4) is 0 Å². The molecule has 21 heavy (non-hydrogen) atoms. The van der Waals surface area contributed by atoms with Gasteiger partial charge in [0.25, 0.3) is 5.91 Å². The molecule has 2 aromatic rings. The quantitative estimate of drug-likeness (QED) is 0.884. The zero-order valence-electron chi connectivity index (χ0n) is 12.6. The summed E-state index contributed by atoms with van der Waals surface area (Å²) in [6.07, 6.45) is 0.678. The largest absolute Gasteiger partial charge is 0.322 e. The van der Waals surface area contributed by atoms with Crippen molar-refractivity contribution in [2.45, 2.75) is 26.8 Å². The van der Waals surface area contributed by atoms with Crippen molar-refractivity contribution in [2.24, 2.45) is 0 Å². The van der Waals surface area contributed by atoms with Crippen LogP contribution in [-0.2, 0) is 13.0 Å². The highest BCUT2D eigenvalue weighted by molar-refractivity contribution is 6.05. The number of benzene rings is 1. The molecule has 1 amide bonds. The smallest absolute Gasteiger partial charge is 0.257 e. The lowest BCUT2D eigenvalue weighted by atomic mass is 10.1. The number of hydrogen-bond acceptors (Lipinski definition) is 4. The molecule has 1 heterocycles. The monoisotopic (exact) mass is 284 g/mol. The van der Waals surface area contributed by atoms with Crippen molar-refractivity contribution in [3.63, 3.8) is 0 Å². The molecule has 0 saturated heterocycles. The van der Waals surface area contributed by atoms with Gasteiger partial charge in [0.2, 0.25) is 0 Å². The fraction of sp³-hybridized carbons (Fsp3) is 0.312. The molecule has 2 rings (SSSR count). The fourth-order valence-corrected chi connectivity index (χ4v) is 2.08. The van der Waals surface area contributed by atoms with E-state index in [1.54, 1.807) is 6.07 Å². The number of carbonyl (C=O) groups excluding carboxylic acids is 1. The molecule has 0 aliphatic rings. The van der Waals surface area contributed by atoms with Gasteiger partial charge in [-0.05, 0) is 44.2 Å². The Morgan fingerprint density at radius 2 is 1.90 bits per heavy atom. The van der Waals surface area contributed by atoms with Gasteiger partial charge in [0.15, 0.2) is 0 Å². The summed E-state index contributed by atoms with van der Waals surface area (Å²) in [5.41, 5.74) is 3.98. The second-order valence-corrected chi connectivity index (χ2v) is 4.88. The molecule has 0 bridgehead atoms. The third kappa shape index (κ3) is 3.86. The average Bonchev–Trinajstić information content (AvgIpc) is 2.49. The summed E-state index contributed by atoms with van der Waals surface area (Å²) in [6.45, 7) is 4.60. The molecule has 0 atom stereocenters. The van der Waals surface area contributed by atoms with Crippen molar-refractivity contribution >= 4 is 11.6 Å². The predicted octanol–water partition coefficient (Wildman–Crippen LogP) is 2.32. The van der Waals surface area contributed by atoms with E-state index in [9.17, 15) is 4.79 Å². The van der Waals surface area contributed by atoms with Crippen molar-refractivity contribution in [2.75, 3.05) is 12.4 Å². The normalized spacial score (nSPS) is 10.4. The number of aryl methyl sites for hydroxylation is 2. The van der Waals surface area contributed by atoms with Crippen LogP contribution in [0.15, 0.2) is 30.3 Å². The molecule has 0 fully saturated rings. The van der Waals surface area contributed by atoms with Crippen LogP contribution in [0.1, 0.15) is 34.2 Å². The van der Waals surface area contributed by atoms with Crippen molar-refractivity contribution in [3.8, 4) is 0 Å². The van der Waals surface area contributed by atoms with Crippen LogP contribution in [0.4, 0.5) is 5.69 Å². The highest BCUT2D eigenvalue weighted by Gasteiger charge is 2.13. The summed E-state index contributed by atoms with van der Waals surface area (Å²) in [4.78, 5) is 12.4. The highest BCUT2D eigenvalue weighted by Crippen LogP contribution is 2.13. The van der Waals surface area contributed by atoms with Gasteiger partial charge in [0, 0.05) is 12.2 Å². The van der Waals surface area contributed by atoms with Crippen LogP contribution in [0, 0.1) is 6.92 Å². The van der Waals surface area contributed by atoms with Gasteiger partial charge in [0.05, 0.1) is 17.0 Å². The second kappa shape index (κ2) is 6.95. The van der Waals surface area contributed by atoms with Crippen LogP contribution < -0.4 is 10.6 Å². The summed E-state index contributed by atoms with van der Waals surface area (Å²) >= 11 is 0. The summed E-state index contributed by atoms with van der Waals surface area (Å²) < 4.78 is 0. The predicted molar refractivity (Wildman–Crippen MR) is 83.3 cm³/mol. The first-order valence-electron chi connectivity index (χ1n) is 7.02. The number of rotatable bonds is 5. The molecule has 1 aromatic carbocycles. The molecule has 0 unspecified atom stereocenters. The van der Waals surface area contributed by atoms with Crippen LogP contribution in [-0.4, -0.2) is 23.2 Å². The lowest BCUT2D eigenvalue weighted by Crippen LogP contribution is -2.16. The van der Waals surface area contributed by atoms with E-state index in [2.05, 4.69) is 20.8 Å². The third-order valence-corrected chi connectivity index (χ3v) is 3.16. The first-order valence-corrected chi connectivity index (χ1v) is 7.02. The summed E-state index contributed by atoms with van der Waals surface area (Å²) in [6, 6.07) is 9.55. The van der Waals surface area contributed by atoms with Crippen LogP contribution in [0.5, 0.6) is 0 Å². The van der Waals surface area contributed by atoms with E-state index in [0.717, 1.165) is 17.9 Å². The van der Waals surface area contributed by atoms with Crippen LogP contribution in [0.2, 0.25) is 0 Å². The van der Waals surface area contributed by atoms with Crippen molar-refractivity contribution in [3.05, 3.63) is 52.8 Å². The van der Waals surface area contributed by atoms with E-state index in [0.29, 0.717) is 17.7 Å². The Labute approximate surface area is 124 Å². The van der Waals surface area contributed by atoms with E-state index in [1.165, 1.54) is 5.56 Å². The molecule has 0 aliphatic heterocycles.